The van der Waals surface area contributed by atoms with Crippen LogP contribution in [0.25, 0.3) is 22.3 Å². The van der Waals surface area contributed by atoms with E-state index in [1.54, 1.807) is 6.20 Å². The van der Waals surface area contributed by atoms with Crippen molar-refractivity contribution in [1.82, 2.24) is 19.7 Å². The van der Waals surface area contributed by atoms with Crippen molar-refractivity contribution in [2.75, 3.05) is 0 Å². The first-order valence-corrected chi connectivity index (χ1v) is 9.72. The summed E-state index contributed by atoms with van der Waals surface area (Å²) in [6, 6.07) is 15.3. The van der Waals surface area contributed by atoms with Gasteiger partial charge in [-0.25, -0.2) is 0 Å². The van der Waals surface area contributed by atoms with Crippen LogP contribution >= 0.6 is 23.4 Å². The molecule has 2 aromatic carbocycles. The molecule has 0 saturated heterocycles. The fourth-order valence-corrected chi connectivity index (χ4v) is 3.98. The van der Waals surface area contributed by atoms with Crippen LogP contribution in [0.3, 0.4) is 0 Å². The number of aromatic nitrogens is 4. The van der Waals surface area contributed by atoms with Gasteiger partial charge < -0.3 is 9.55 Å². The number of thioether (sulfide) groups is 1. The number of hydrogen-bond acceptors (Lipinski definition) is 4. The molecule has 0 aliphatic carbocycles. The summed E-state index contributed by atoms with van der Waals surface area (Å²) in [5.74, 6) is 0.800. The number of H-pyrrole nitrogens is 1. The first kappa shape index (κ1) is 17.8. The monoisotopic (exact) mass is 396 g/mol. The number of hydrogen-bond donors (Lipinski definition) is 1. The zero-order chi connectivity index (χ0) is 19.0. The molecule has 4 aromatic rings. The Kier molecular flexibility index (Phi) is 4.76. The van der Waals surface area contributed by atoms with E-state index in [1.165, 1.54) is 11.8 Å². The van der Waals surface area contributed by atoms with Crippen molar-refractivity contribution in [3.63, 3.8) is 0 Å². The van der Waals surface area contributed by atoms with E-state index in [1.807, 2.05) is 67.1 Å². The molecule has 0 fully saturated rings. The van der Waals surface area contributed by atoms with E-state index in [-0.39, 0.29) is 11.0 Å². The van der Waals surface area contributed by atoms with Crippen molar-refractivity contribution in [1.29, 1.82) is 0 Å². The minimum atomic E-state index is -0.287. The molecule has 1 N–H and O–H groups in total. The Hall–Kier alpha value is -2.57. The summed E-state index contributed by atoms with van der Waals surface area (Å²) < 4.78 is 1.90. The second-order valence-corrected chi connectivity index (χ2v) is 7.99. The van der Waals surface area contributed by atoms with Gasteiger partial charge in [-0.15, -0.1) is 10.2 Å². The summed E-state index contributed by atoms with van der Waals surface area (Å²) in [5.41, 5.74) is 2.59. The van der Waals surface area contributed by atoms with Crippen LogP contribution in [0.1, 0.15) is 17.3 Å². The van der Waals surface area contributed by atoms with Crippen molar-refractivity contribution in [2.24, 2.45) is 7.05 Å². The fourth-order valence-electron chi connectivity index (χ4n) is 2.97. The molecule has 0 saturated carbocycles. The lowest BCUT2D eigenvalue weighted by molar-refractivity contribution is 0.0995. The number of ketones is 1. The van der Waals surface area contributed by atoms with Crippen LogP contribution < -0.4 is 0 Å². The fraction of sp³-hybridized carbons (Fsp3) is 0.150. The minimum Gasteiger partial charge on any atom is -0.360 e. The smallest absolute Gasteiger partial charge is 0.191 e. The average molecular weight is 397 g/mol. The topological polar surface area (TPSA) is 63.6 Å². The highest BCUT2D eigenvalue weighted by atomic mass is 35.5. The first-order chi connectivity index (χ1) is 13.0. The van der Waals surface area contributed by atoms with Gasteiger partial charge in [-0.05, 0) is 37.3 Å². The molecule has 0 unspecified atom stereocenters. The number of aromatic amines is 1. The maximum absolute atomic E-state index is 12.9. The predicted molar refractivity (Wildman–Crippen MR) is 109 cm³/mol. The summed E-state index contributed by atoms with van der Waals surface area (Å²) >= 11 is 7.35. The lowest BCUT2D eigenvalue weighted by Gasteiger charge is -2.09. The molecular formula is C20H17ClN4OS. The highest BCUT2D eigenvalue weighted by Crippen LogP contribution is 2.29. The largest absolute Gasteiger partial charge is 0.360 e. The van der Waals surface area contributed by atoms with Gasteiger partial charge in [-0.3, -0.25) is 4.79 Å². The van der Waals surface area contributed by atoms with Crippen molar-refractivity contribution in [3.8, 4) is 11.4 Å². The predicted octanol–water partition coefficient (Wildman–Crippen LogP) is 4.98. The molecule has 0 radical (unpaired) electrons. The molecule has 0 bridgehead atoms. The van der Waals surface area contributed by atoms with E-state index in [2.05, 4.69) is 15.2 Å². The van der Waals surface area contributed by atoms with Gasteiger partial charge in [0.15, 0.2) is 16.8 Å². The standard InChI is InChI=1S/C20H17ClN4OS/c1-12(18(26)16-11-22-17-6-4-3-5-15(16)17)27-20-24-23-19(25(20)2)13-7-9-14(21)10-8-13/h3-12,22H,1-2H3/t12-/m1/s1. The molecule has 5 nitrogen and oxygen atoms in total. The van der Waals surface area contributed by atoms with Crippen LogP contribution in [0.5, 0.6) is 0 Å². The number of carbonyl (C=O) groups is 1. The number of rotatable bonds is 5. The number of para-hydroxylation sites is 1. The number of nitrogens with one attached hydrogen (secondary N) is 1. The Labute approximate surface area is 165 Å². The van der Waals surface area contributed by atoms with E-state index in [0.717, 1.165) is 22.3 Å². The summed E-state index contributed by atoms with van der Waals surface area (Å²) in [7, 11) is 1.90. The number of benzene rings is 2. The maximum Gasteiger partial charge on any atom is 0.191 e. The summed E-state index contributed by atoms with van der Waals surface area (Å²) in [6.07, 6.45) is 1.78. The minimum absolute atomic E-state index is 0.0634. The second kappa shape index (κ2) is 7.21. The van der Waals surface area contributed by atoms with Crippen LogP contribution in [-0.4, -0.2) is 30.8 Å². The molecule has 0 aliphatic heterocycles. The molecule has 7 heteroatoms. The van der Waals surface area contributed by atoms with Gasteiger partial charge in [0.25, 0.3) is 0 Å². The number of nitrogens with zero attached hydrogens (tertiary/aromatic N) is 3. The third-order valence-electron chi connectivity index (χ3n) is 4.44. The van der Waals surface area contributed by atoms with Crippen molar-refractivity contribution in [2.45, 2.75) is 17.3 Å². The van der Waals surface area contributed by atoms with Gasteiger partial charge in [-0.1, -0.05) is 41.6 Å². The Balaban J connectivity index is 1.57. The van der Waals surface area contributed by atoms with Crippen molar-refractivity contribution >= 4 is 40.0 Å². The Morgan fingerprint density at radius 3 is 2.67 bits per heavy atom. The van der Waals surface area contributed by atoms with E-state index in [0.29, 0.717) is 15.7 Å². The SMILES string of the molecule is C[C@@H](Sc1nnc(-c2ccc(Cl)cc2)n1C)C(=O)c1c[nH]c2ccccc12. The molecule has 1 atom stereocenters. The summed E-state index contributed by atoms with van der Waals surface area (Å²) in [5, 5.41) is 10.6. The number of carbonyl (C=O) groups excluding carboxylic acids is 1. The van der Waals surface area contributed by atoms with Gasteiger partial charge in [0.1, 0.15) is 0 Å². The summed E-state index contributed by atoms with van der Waals surface area (Å²) in [4.78, 5) is 16.1. The van der Waals surface area contributed by atoms with E-state index < -0.39 is 0 Å². The Bertz CT molecular complexity index is 1120. The third kappa shape index (κ3) is 3.38. The van der Waals surface area contributed by atoms with Gasteiger partial charge >= 0.3 is 0 Å². The molecule has 136 valence electrons. The maximum atomic E-state index is 12.9. The van der Waals surface area contributed by atoms with Gasteiger partial charge in [0.05, 0.1) is 5.25 Å². The highest BCUT2D eigenvalue weighted by molar-refractivity contribution is 8.00. The lowest BCUT2D eigenvalue weighted by atomic mass is 10.1. The first-order valence-electron chi connectivity index (χ1n) is 8.47. The van der Waals surface area contributed by atoms with Crippen molar-refractivity contribution in [3.05, 3.63) is 65.3 Å². The quantitative estimate of drug-likeness (QED) is 0.381. The Morgan fingerprint density at radius 1 is 1.15 bits per heavy atom. The normalized spacial score (nSPS) is 12.4. The molecule has 4 rings (SSSR count). The highest BCUT2D eigenvalue weighted by Gasteiger charge is 2.22. The molecular weight excluding hydrogens is 380 g/mol. The van der Waals surface area contributed by atoms with Crippen molar-refractivity contribution < 1.29 is 4.79 Å². The Morgan fingerprint density at radius 2 is 1.89 bits per heavy atom. The molecule has 2 heterocycles. The van der Waals surface area contributed by atoms with E-state index in [4.69, 9.17) is 11.6 Å². The van der Waals surface area contributed by atoms with Crippen LogP contribution in [-0.2, 0) is 7.05 Å². The van der Waals surface area contributed by atoms with Gasteiger partial charge in [0, 0.05) is 40.3 Å². The summed E-state index contributed by atoms with van der Waals surface area (Å²) in [6.45, 7) is 1.89. The molecule has 2 aromatic heterocycles. The van der Waals surface area contributed by atoms with E-state index in [9.17, 15) is 4.79 Å². The lowest BCUT2D eigenvalue weighted by Crippen LogP contribution is -2.14. The molecule has 27 heavy (non-hydrogen) atoms. The van der Waals surface area contributed by atoms with Crippen LogP contribution in [0, 0.1) is 0 Å². The van der Waals surface area contributed by atoms with Gasteiger partial charge in [0.2, 0.25) is 0 Å². The molecule has 0 amide bonds. The third-order valence-corrected chi connectivity index (χ3v) is 5.83. The molecule has 0 spiro atoms. The van der Waals surface area contributed by atoms with Crippen LogP contribution in [0.15, 0.2) is 59.9 Å². The number of halogens is 1. The zero-order valence-electron chi connectivity index (χ0n) is 14.8. The van der Waals surface area contributed by atoms with Crippen LogP contribution in [0.2, 0.25) is 5.02 Å². The van der Waals surface area contributed by atoms with Crippen LogP contribution in [0.4, 0.5) is 0 Å². The zero-order valence-corrected chi connectivity index (χ0v) is 16.4. The molecule has 0 aliphatic rings. The number of Topliss-reactive ketones (excluding diaryl/α,β-unsaturated/α-hetero) is 1. The second-order valence-electron chi connectivity index (χ2n) is 6.24. The average Bonchev–Trinajstić information content (AvgIpc) is 3.26. The number of fused-ring (bicyclic) bond motifs is 1. The van der Waals surface area contributed by atoms with E-state index >= 15 is 0 Å². The van der Waals surface area contributed by atoms with Gasteiger partial charge in [-0.2, -0.15) is 0 Å².